The van der Waals surface area contributed by atoms with Crippen LogP contribution in [0.25, 0.3) is 0 Å². The summed E-state index contributed by atoms with van der Waals surface area (Å²) < 4.78 is 0. The largest absolute Gasteiger partial charge is 0.508 e. The molecule has 1 aliphatic heterocycles. The first-order valence-electron chi connectivity index (χ1n) is 23.5. The van der Waals surface area contributed by atoms with Crippen molar-refractivity contribution in [2.45, 2.75) is 142 Å². The monoisotopic (exact) mass is 988 g/mol. The smallest absolute Gasteiger partial charge is 0.246 e. The molecule has 1 heterocycles. The van der Waals surface area contributed by atoms with Gasteiger partial charge in [-0.25, -0.2) is 0 Å². The molecule has 21 nitrogen and oxygen atoms in total. The van der Waals surface area contributed by atoms with Gasteiger partial charge >= 0.3 is 0 Å². The number of hydrogen-bond acceptors (Lipinski definition) is 14. The molecule has 12 N–H and O–H groups in total. The number of Topliss-reactive ketones (excluding diaryl/α,β-unsaturated/α-hetero) is 3. The highest BCUT2D eigenvalue weighted by Gasteiger charge is 2.36. The van der Waals surface area contributed by atoms with E-state index in [0.717, 1.165) is 0 Å². The van der Waals surface area contributed by atoms with Crippen LogP contribution in [0.5, 0.6) is 5.75 Å². The number of nitrogens with one attached hydrogen (secondary N) is 5. The van der Waals surface area contributed by atoms with Gasteiger partial charge in [-0.2, -0.15) is 11.8 Å². The van der Waals surface area contributed by atoms with Crippen molar-refractivity contribution in [3.8, 4) is 5.75 Å². The van der Waals surface area contributed by atoms with Crippen LogP contribution >= 0.6 is 11.8 Å². The average Bonchev–Trinajstić information content (AvgIpc) is 3.28. The van der Waals surface area contributed by atoms with E-state index in [9.17, 15) is 57.8 Å². The van der Waals surface area contributed by atoms with Gasteiger partial charge in [0, 0.05) is 57.2 Å². The lowest BCUT2D eigenvalue weighted by molar-refractivity contribution is -0.141. The molecule has 0 aliphatic carbocycles. The zero-order valence-electron chi connectivity index (χ0n) is 40.5. The number of primary amides is 2. The maximum absolute atomic E-state index is 14.5. The van der Waals surface area contributed by atoms with E-state index in [1.807, 2.05) is 13.8 Å². The maximum atomic E-state index is 14.5. The summed E-state index contributed by atoms with van der Waals surface area (Å²) in [5, 5.41) is 23.3. The van der Waals surface area contributed by atoms with E-state index in [0.29, 0.717) is 12.0 Å². The Balaban J connectivity index is 2.63. The molecule has 2 rings (SSSR count). The zero-order chi connectivity index (χ0) is 51.8. The second kappa shape index (κ2) is 30.6. The molecular weight excluding hydrogens is 915 g/mol. The summed E-state index contributed by atoms with van der Waals surface area (Å²) in [4.78, 5) is 148. The molecule has 1 saturated heterocycles. The van der Waals surface area contributed by atoms with E-state index in [1.165, 1.54) is 35.7 Å². The fraction of sp³-hybridized carbons (Fsp3) is 0.638. The molecule has 8 amide bonds. The van der Waals surface area contributed by atoms with Crippen molar-refractivity contribution in [3.63, 3.8) is 0 Å². The summed E-state index contributed by atoms with van der Waals surface area (Å²) in [6.45, 7) is 8.05. The lowest BCUT2D eigenvalue weighted by Crippen LogP contribution is -2.58. The van der Waals surface area contributed by atoms with E-state index in [-0.39, 0.29) is 106 Å². The minimum atomic E-state index is -1.48. The first-order chi connectivity index (χ1) is 32.5. The van der Waals surface area contributed by atoms with Gasteiger partial charge in [0.05, 0.1) is 24.5 Å². The predicted octanol–water partition coefficient (Wildman–Crippen LogP) is -0.190. The van der Waals surface area contributed by atoms with Gasteiger partial charge in [-0.3, -0.25) is 47.9 Å². The van der Waals surface area contributed by atoms with Crippen molar-refractivity contribution in [1.29, 1.82) is 0 Å². The van der Waals surface area contributed by atoms with E-state index in [4.69, 9.17) is 17.2 Å². The Kier molecular flexibility index (Phi) is 26.2. The summed E-state index contributed by atoms with van der Waals surface area (Å²) >= 11 is 1.18. The van der Waals surface area contributed by atoms with Crippen LogP contribution in [0.1, 0.15) is 111 Å². The highest BCUT2D eigenvalue weighted by atomic mass is 32.2. The van der Waals surface area contributed by atoms with E-state index in [1.54, 1.807) is 26.0 Å². The molecule has 1 aromatic rings. The molecule has 1 aromatic carbocycles. The number of benzene rings is 1. The lowest BCUT2D eigenvalue weighted by atomic mass is 9.91. The average molecular weight is 988 g/mol. The maximum Gasteiger partial charge on any atom is 0.246 e. The summed E-state index contributed by atoms with van der Waals surface area (Å²) in [5.41, 5.74) is 17.4. The van der Waals surface area contributed by atoms with Crippen molar-refractivity contribution in [2.24, 2.45) is 35.0 Å². The molecule has 1 aliphatic rings. The minimum Gasteiger partial charge on any atom is -0.508 e. The van der Waals surface area contributed by atoms with Crippen LogP contribution in [0.4, 0.5) is 0 Å². The van der Waals surface area contributed by atoms with Crippen molar-refractivity contribution in [3.05, 3.63) is 29.8 Å². The Bertz CT molecular complexity index is 1970. The Morgan fingerprint density at radius 3 is 2.14 bits per heavy atom. The molecule has 0 spiro atoms. The first-order valence-corrected chi connectivity index (χ1v) is 24.7. The van der Waals surface area contributed by atoms with Gasteiger partial charge in [-0.05, 0) is 74.4 Å². The van der Waals surface area contributed by atoms with Crippen LogP contribution in [0.15, 0.2) is 24.3 Å². The molecule has 0 aromatic heterocycles. The Morgan fingerprint density at radius 1 is 0.870 bits per heavy atom. The van der Waals surface area contributed by atoms with Gasteiger partial charge in [0.25, 0.3) is 0 Å². The van der Waals surface area contributed by atoms with Crippen molar-refractivity contribution in [2.75, 3.05) is 31.1 Å². The standard InChI is InChI=1S/C47H73N9O12S/c1-6-28(4)43-46(67)53-33(15-17-39(49)61)38(60)23-31(24-40(50)62)44(65)54-36(26-69-20-7-9-41(63)52-35(45(66)55-43)22-30-11-13-32(58)14-12-30)47(68)56(19-8-18-48)25-42(64)51-34(21-27(2)3)37(59)16-10-29(5)57/h11-14,27-28,31,33-36,43,58H,6-10,15-26,48H2,1-5H3,(H2,49,61)(H2,50,62)(H,51,64)(H,52,63)(H,53,67)(H,54,65)(H,55,66)/t28-,31-,33-,34-,35-,36-,43-/m0/s1. The number of carbonyl (C=O) groups is 11. The summed E-state index contributed by atoms with van der Waals surface area (Å²) in [5.74, 6) is -9.44. The molecule has 0 saturated carbocycles. The molecule has 384 valence electrons. The normalized spacial score (nSPS) is 21.1. The molecule has 1 fully saturated rings. The summed E-state index contributed by atoms with van der Waals surface area (Å²) in [6.07, 6.45) is -1.15. The third-order valence-electron chi connectivity index (χ3n) is 11.5. The molecule has 22 heteroatoms. The lowest BCUT2D eigenvalue weighted by Gasteiger charge is -2.30. The molecule has 7 atom stereocenters. The molecule has 69 heavy (non-hydrogen) atoms. The summed E-state index contributed by atoms with van der Waals surface area (Å²) in [6, 6.07) is -0.259. The van der Waals surface area contributed by atoms with Crippen LogP contribution in [-0.4, -0.2) is 136 Å². The van der Waals surface area contributed by atoms with Gasteiger partial charge in [0.15, 0.2) is 11.6 Å². The molecular formula is C47H73N9O12S. The van der Waals surface area contributed by atoms with Gasteiger partial charge in [-0.15, -0.1) is 0 Å². The number of nitrogens with zero attached hydrogens (tertiary/aromatic N) is 1. The van der Waals surface area contributed by atoms with Crippen molar-refractivity contribution in [1.82, 2.24) is 31.5 Å². The van der Waals surface area contributed by atoms with E-state index in [2.05, 4.69) is 26.6 Å². The Hall–Kier alpha value is -5.90. The Morgan fingerprint density at radius 2 is 1.55 bits per heavy atom. The number of aromatic hydroxyl groups is 1. The van der Waals surface area contributed by atoms with Crippen molar-refractivity contribution < 1.29 is 57.8 Å². The number of hydrogen-bond donors (Lipinski definition) is 9. The van der Waals surface area contributed by atoms with Crippen LogP contribution in [0.2, 0.25) is 0 Å². The third-order valence-corrected chi connectivity index (χ3v) is 12.6. The highest BCUT2D eigenvalue weighted by Crippen LogP contribution is 2.19. The quantitative estimate of drug-likeness (QED) is 0.0728. The molecule has 0 unspecified atom stereocenters. The first kappa shape index (κ1) is 59.2. The number of thioether (sulfide) groups is 1. The predicted molar refractivity (Wildman–Crippen MR) is 257 cm³/mol. The van der Waals surface area contributed by atoms with Crippen LogP contribution in [0, 0.1) is 17.8 Å². The van der Waals surface area contributed by atoms with Gasteiger partial charge < -0.3 is 58.6 Å². The SMILES string of the molecule is CC[C@H](C)[C@@H]1NC(=O)[C@H](Cc2ccc(O)cc2)NC(=O)CCCSC[C@@H](C(=O)N(CCCN)CC(=O)N[C@@H](CC(C)C)C(=O)CCC(C)=O)NC(=O)[C@H](CC(N)=O)CC(=O)[C@H](CCC(N)=O)NC1=O. The Labute approximate surface area is 408 Å². The number of phenolic OH excluding ortho intramolecular Hbond substituents is 1. The van der Waals surface area contributed by atoms with E-state index >= 15 is 0 Å². The van der Waals surface area contributed by atoms with Crippen LogP contribution in [-0.2, 0) is 59.2 Å². The number of phenols is 1. The van der Waals surface area contributed by atoms with Gasteiger partial charge in [0.2, 0.25) is 47.3 Å². The fourth-order valence-electron chi connectivity index (χ4n) is 7.45. The fourth-order valence-corrected chi connectivity index (χ4v) is 8.42. The topological polar surface area (TPSA) is 349 Å². The second-order valence-corrected chi connectivity index (χ2v) is 19.2. The number of ketones is 3. The third kappa shape index (κ3) is 22.4. The number of amides is 8. The van der Waals surface area contributed by atoms with Crippen molar-refractivity contribution >= 4 is 76.4 Å². The van der Waals surface area contributed by atoms with Gasteiger partial charge in [0.1, 0.15) is 29.7 Å². The van der Waals surface area contributed by atoms with Crippen LogP contribution in [0.3, 0.4) is 0 Å². The number of rotatable bonds is 22. The second-order valence-electron chi connectivity index (χ2n) is 18.0. The molecule has 0 radical (unpaired) electrons. The molecule has 0 bridgehead atoms. The van der Waals surface area contributed by atoms with Gasteiger partial charge in [-0.1, -0.05) is 46.2 Å². The number of nitrogens with two attached hydrogens (primary N) is 3. The summed E-state index contributed by atoms with van der Waals surface area (Å²) in [7, 11) is 0. The zero-order valence-corrected chi connectivity index (χ0v) is 41.3. The highest BCUT2D eigenvalue weighted by molar-refractivity contribution is 7.99. The van der Waals surface area contributed by atoms with E-state index < -0.39 is 114 Å². The number of carbonyl (C=O) groups excluding carboxylic acids is 11. The minimum absolute atomic E-state index is 0.00344. The van der Waals surface area contributed by atoms with Crippen LogP contribution < -0.4 is 43.8 Å².